The van der Waals surface area contributed by atoms with Crippen LogP contribution in [0.15, 0.2) is 115 Å². The predicted molar refractivity (Wildman–Crippen MR) is 125 cm³/mol. The average Bonchev–Trinajstić information content (AvgIpc) is 2.80. The molecule has 0 amide bonds. The lowest BCUT2D eigenvalue weighted by molar-refractivity contribution is 1.17. The van der Waals surface area contributed by atoms with Gasteiger partial charge in [-0.3, -0.25) is 0 Å². The first-order chi connectivity index (χ1) is 14.4. The molecular formula is C29H26. The number of hydrogen-bond donors (Lipinski definition) is 0. The van der Waals surface area contributed by atoms with Crippen molar-refractivity contribution in [1.29, 1.82) is 0 Å². The van der Waals surface area contributed by atoms with Crippen molar-refractivity contribution in [3.8, 4) is 0 Å². The van der Waals surface area contributed by atoms with Gasteiger partial charge in [-0.15, -0.1) is 0 Å². The second-order valence-corrected chi connectivity index (χ2v) is 7.26. The molecule has 142 valence electrons. The molecule has 29 heavy (non-hydrogen) atoms. The Labute approximate surface area is 174 Å². The number of hydrogen-bond acceptors (Lipinski definition) is 0. The molecule has 0 saturated heterocycles. The molecule has 0 spiro atoms. The lowest BCUT2D eigenvalue weighted by Crippen LogP contribution is -2.00. The number of allylic oxidation sites excluding steroid dienone is 1. The Kier molecular flexibility index (Phi) is 6.02. The summed E-state index contributed by atoms with van der Waals surface area (Å²) in [5.41, 5.74) is 9.31. The molecule has 0 aliphatic carbocycles. The van der Waals surface area contributed by atoms with E-state index in [2.05, 4.69) is 122 Å². The Hall–Kier alpha value is -3.38. The first kappa shape index (κ1) is 19.0. The van der Waals surface area contributed by atoms with Gasteiger partial charge in [0, 0.05) is 0 Å². The van der Waals surface area contributed by atoms with E-state index in [1.807, 2.05) is 0 Å². The number of benzene rings is 4. The van der Waals surface area contributed by atoms with Crippen LogP contribution in [-0.4, -0.2) is 0 Å². The molecule has 4 rings (SSSR count). The highest BCUT2D eigenvalue weighted by Crippen LogP contribution is 2.36. The van der Waals surface area contributed by atoms with E-state index in [0.717, 1.165) is 12.8 Å². The maximum absolute atomic E-state index is 2.28. The minimum absolute atomic E-state index is 0.930. The lowest BCUT2D eigenvalue weighted by atomic mass is 9.85. The highest BCUT2D eigenvalue weighted by atomic mass is 14.2. The predicted octanol–water partition coefficient (Wildman–Crippen LogP) is 7.65. The van der Waals surface area contributed by atoms with Crippen LogP contribution in [0.3, 0.4) is 0 Å². The molecule has 0 nitrogen and oxygen atoms in total. The second kappa shape index (κ2) is 9.21. The summed E-state index contributed by atoms with van der Waals surface area (Å²) < 4.78 is 0. The Morgan fingerprint density at radius 3 is 1.69 bits per heavy atom. The largest absolute Gasteiger partial charge is 0.0622 e. The van der Waals surface area contributed by atoms with Gasteiger partial charge in [-0.2, -0.15) is 0 Å². The normalized spacial score (nSPS) is 11.8. The fraction of sp³-hybridized carbons (Fsp3) is 0.103. The zero-order valence-corrected chi connectivity index (χ0v) is 16.9. The van der Waals surface area contributed by atoms with Gasteiger partial charge in [-0.05, 0) is 51.8 Å². The second-order valence-electron chi connectivity index (χ2n) is 7.26. The summed E-state index contributed by atoms with van der Waals surface area (Å²) in [7, 11) is 0. The standard InChI is InChI=1S/C29H26/c1-2-27(24-16-8-4-9-17-24)29(25-18-10-5-11-19-25)28-21-13-12-20-26(28)22-23-14-6-3-7-15-23/h3-21H,2,22H2,1H3. The van der Waals surface area contributed by atoms with Crippen LogP contribution < -0.4 is 0 Å². The van der Waals surface area contributed by atoms with Crippen LogP contribution in [0.2, 0.25) is 0 Å². The summed E-state index contributed by atoms with van der Waals surface area (Å²) in [4.78, 5) is 0. The van der Waals surface area contributed by atoms with Gasteiger partial charge in [0.15, 0.2) is 0 Å². The van der Waals surface area contributed by atoms with E-state index in [0.29, 0.717) is 0 Å². The summed E-state index contributed by atoms with van der Waals surface area (Å²) in [5.74, 6) is 0. The van der Waals surface area contributed by atoms with Crippen LogP contribution in [0.1, 0.15) is 41.2 Å². The Morgan fingerprint density at radius 1 is 0.552 bits per heavy atom. The maximum atomic E-state index is 2.28. The molecular weight excluding hydrogens is 348 g/mol. The van der Waals surface area contributed by atoms with Crippen molar-refractivity contribution in [2.45, 2.75) is 19.8 Å². The average molecular weight is 375 g/mol. The van der Waals surface area contributed by atoms with Crippen LogP contribution in [0, 0.1) is 0 Å². The molecule has 0 atom stereocenters. The molecule has 0 aliphatic rings. The van der Waals surface area contributed by atoms with Crippen molar-refractivity contribution in [1.82, 2.24) is 0 Å². The fourth-order valence-electron chi connectivity index (χ4n) is 4.00. The quantitative estimate of drug-likeness (QED) is 0.304. The molecule has 0 heterocycles. The third kappa shape index (κ3) is 4.38. The highest BCUT2D eigenvalue weighted by Gasteiger charge is 2.15. The summed E-state index contributed by atoms with van der Waals surface area (Å²) in [6.45, 7) is 2.26. The van der Waals surface area contributed by atoms with Crippen LogP contribution in [0.4, 0.5) is 0 Å². The van der Waals surface area contributed by atoms with Gasteiger partial charge >= 0.3 is 0 Å². The zero-order chi connectivity index (χ0) is 19.9. The van der Waals surface area contributed by atoms with Crippen LogP contribution in [0.5, 0.6) is 0 Å². The van der Waals surface area contributed by atoms with Crippen molar-refractivity contribution in [3.63, 3.8) is 0 Å². The zero-order valence-electron chi connectivity index (χ0n) is 16.9. The van der Waals surface area contributed by atoms with Gasteiger partial charge in [-0.1, -0.05) is 122 Å². The Balaban J connectivity index is 1.93. The molecule has 0 saturated carbocycles. The van der Waals surface area contributed by atoms with E-state index in [4.69, 9.17) is 0 Å². The van der Waals surface area contributed by atoms with Crippen LogP contribution >= 0.6 is 0 Å². The molecule has 0 heteroatoms. The van der Waals surface area contributed by atoms with Gasteiger partial charge in [0.1, 0.15) is 0 Å². The minimum Gasteiger partial charge on any atom is -0.0622 e. The van der Waals surface area contributed by atoms with Gasteiger partial charge < -0.3 is 0 Å². The Bertz CT molecular complexity index is 1070. The first-order valence-electron chi connectivity index (χ1n) is 10.3. The van der Waals surface area contributed by atoms with Gasteiger partial charge in [-0.25, -0.2) is 0 Å². The van der Waals surface area contributed by atoms with E-state index in [1.165, 1.54) is 39.0 Å². The van der Waals surface area contributed by atoms with E-state index in [1.54, 1.807) is 0 Å². The van der Waals surface area contributed by atoms with E-state index in [9.17, 15) is 0 Å². The van der Waals surface area contributed by atoms with Crippen molar-refractivity contribution in [3.05, 3.63) is 143 Å². The smallest absolute Gasteiger partial charge is 0.00196 e. The van der Waals surface area contributed by atoms with E-state index >= 15 is 0 Å². The minimum atomic E-state index is 0.930. The SMILES string of the molecule is CCC(=C(c1ccccc1)c1ccccc1Cc1ccccc1)c1ccccc1. The maximum Gasteiger partial charge on any atom is -0.00196 e. The molecule has 4 aromatic carbocycles. The summed E-state index contributed by atoms with van der Waals surface area (Å²) in [5, 5.41) is 0. The molecule has 0 radical (unpaired) electrons. The summed E-state index contributed by atoms with van der Waals surface area (Å²) >= 11 is 0. The molecule has 4 aromatic rings. The van der Waals surface area contributed by atoms with E-state index < -0.39 is 0 Å². The number of rotatable bonds is 6. The third-order valence-electron chi connectivity index (χ3n) is 5.36. The van der Waals surface area contributed by atoms with Gasteiger partial charge in [0.05, 0.1) is 0 Å². The van der Waals surface area contributed by atoms with Crippen LogP contribution in [-0.2, 0) is 6.42 Å². The summed E-state index contributed by atoms with van der Waals surface area (Å²) in [6.07, 6.45) is 1.91. The van der Waals surface area contributed by atoms with Crippen LogP contribution in [0.25, 0.3) is 11.1 Å². The Morgan fingerprint density at radius 2 is 1.07 bits per heavy atom. The fourth-order valence-corrected chi connectivity index (χ4v) is 4.00. The highest BCUT2D eigenvalue weighted by molar-refractivity contribution is 5.99. The topological polar surface area (TPSA) is 0 Å². The van der Waals surface area contributed by atoms with Crippen molar-refractivity contribution < 1.29 is 0 Å². The third-order valence-corrected chi connectivity index (χ3v) is 5.36. The molecule has 0 aromatic heterocycles. The van der Waals surface area contributed by atoms with Gasteiger partial charge in [0.2, 0.25) is 0 Å². The first-order valence-corrected chi connectivity index (χ1v) is 10.3. The molecule has 0 N–H and O–H groups in total. The van der Waals surface area contributed by atoms with Crippen molar-refractivity contribution in [2.24, 2.45) is 0 Å². The molecule has 0 unspecified atom stereocenters. The van der Waals surface area contributed by atoms with E-state index in [-0.39, 0.29) is 0 Å². The molecule has 0 fully saturated rings. The monoisotopic (exact) mass is 374 g/mol. The van der Waals surface area contributed by atoms with Gasteiger partial charge in [0.25, 0.3) is 0 Å². The van der Waals surface area contributed by atoms with Crippen molar-refractivity contribution >= 4 is 11.1 Å². The lowest BCUT2D eigenvalue weighted by Gasteiger charge is -2.19. The molecule has 0 bridgehead atoms. The summed E-state index contributed by atoms with van der Waals surface area (Å²) in [6, 6.07) is 41.2. The molecule has 0 aliphatic heterocycles. The van der Waals surface area contributed by atoms with Crippen molar-refractivity contribution in [2.75, 3.05) is 0 Å².